The van der Waals surface area contributed by atoms with Gasteiger partial charge in [-0.15, -0.1) is 0 Å². The van der Waals surface area contributed by atoms with E-state index in [-0.39, 0.29) is 11.9 Å². The Labute approximate surface area is 168 Å². The van der Waals surface area contributed by atoms with E-state index in [1.54, 1.807) is 0 Å². The van der Waals surface area contributed by atoms with Crippen molar-refractivity contribution in [1.82, 2.24) is 4.57 Å². The highest BCUT2D eigenvalue weighted by atomic mass is 16.1. The fraction of sp³-hybridized carbons (Fsp3) is 0.320. The first-order valence-electron chi connectivity index (χ1n) is 10.1. The zero-order chi connectivity index (χ0) is 20.3. The number of amides is 1. The van der Waals surface area contributed by atoms with Gasteiger partial charge >= 0.3 is 0 Å². The van der Waals surface area contributed by atoms with E-state index in [1.807, 2.05) is 43.3 Å². The smallest absolute Gasteiger partial charge is 0.251 e. The summed E-state index contributed by atoms with van der Waals surface area (Å²) in [6.45, 7) is 8.75. The van der Waals surface area contributed by atoms with Crippen LogP contribution in [0.4, 0.5) is 0 Å². The molecular weight excluding hydrogens is 344 g/mol. The second kappa shape index (κ2) is 8.47. The molecular formula is C25H30N2O. The number of nitrogens with zero attached hydrogens (tertiary/aromatic N) is 1. The maximum absolute atomic E-state index is 12.5. The van der Waals surface area contributed by atoms with Gasteiger partial charge in [-0.3, -0.25) is 4.79 Å². The largest absolute Gasteiger partial charge is 0.366 e. The van der Waals surface area contributed by atoms with Gasteiger partial charge in [-0.2, -0.15) is 0 Å². The van der Waals surface area contributed by atoms with E-state index >= 15 is 0 Å². The molecule has 0 saturated heterocycles. The maximum Gasteiger partial charge on any atom is 0.251 e. The van der Waals surface area contributed by atoms with Crippen molar-refractivity contribution in [1.29, 1.82) is 0 Å². The summed E-state index contributed by atoms with van der Waals surface area (Å²) in [5.74, 6) is 0.269. The summed E-state index contributed by atoms with van der Waals surface area (Å²) < 4.78 is 2.32. The van der Waals surface area contributed by atoms with Gasteiger partial charge < -0.3 is 10.3 Å². The molecule has 2 N–H and O–H groups in total. The van der Waals surface area contributed by atoms with Gasteiger partial charge in [-0.25, -0.2) is 0 Å². The number of hydrogen-bond acceptors (Lipinski definition) is 1. The highest BCUT2D eigenvalue weighted by Gasteiger charge is 2.27. The molecule has 1 heterocycles. The van der Waals surface area contributed by atoms with Gasteiger partial charge in [0.1, 0.15) is 0 Å². The van der Waals surface area contributed by atoms with Crippen LogP contribution in [0.1, 0.15) is 55.7 Å². The molecule has 0 aliphatic heterocycles. The van der Waals surface area contributed by atoms with Crippen LogP contribution in [0.2, 0.25) is 0 Å². The van der Waals surface area contributed by atoms with Crippen LogP contribution in [0.15, 0.2) is 60.7 Å². The minimum absolute atomic E-state index is 0.271. The molecule has 1 aromatic heterocycles. The molecule has 0 aliphatic rings. The van der Waals surface area contributed by atoms with Crippen molar-refractivity contribution in [3.05, 3.63) is 71.9 Å². The van der Waals surface area contributed by atoms with Crippen LogP contribution in [0, 0.1) is 12.8 Å². The zero-order valence-electron chi connectivity index (χ0n) is 17.3. The minimum Gasteiger partial charge on any atom is -0.366 e. The van der Waals surface area contributed by atoms with Crippen LogP contribution < -0.4 is 5.73 Å². The predicted molar refractivity (Wildman–Crippen MR) is 117 cm³/mol. The Kier molecular flexibility index (Phi) is 6.03. The molecule has 0 aliphatic carbocycles. The van der Waals surface area contributed by atoms with E-state index in [0.29, 0.717) is 11.5 Å². The van der Waals surface area contributed by atoms with Crippen molar-refractivity contribution in [3.8, 4) is 22.4 Å². The third-order valence-corrected chi connectivity index (χ3v) is 5.41. The van der Waals surface area contributed by atoms with E-state index in [2.05, 4.69) is 49.6 Å². The van der Waals surface area contributed by atoms with Crippen LogP contribution in [-0.4, -0.2) is 10.5 Å². The highest BCUT2D eigenvalue weighted by molar-refractivity contribution is 6.05. The molecule has 3 rings (SSSR count). The summed E-state index contributed by atoms with van der Waals surface area (Å²) >= 11 is 0. The van der Waals surface area contributed by atoms with E-state index < -0.39 is 0 Å². The quantitative estimate of drug-likeness (QED) is 0.524. The lowest BCUT2D eigenvalue weighted by Crippen LogP contribution is -2.14. The van der Waals surface area contributed by atoms with Gasteiger partial charge in [0.2, 0.25) is 0 Å². The normalized spacial score (nSPS) is 12.3. The second-order valence-corrected chi connectivity index (χ2v) is 7.97. The van der Waals surface area contributed by atoms with Crippen molar-refractivity contribution in [3.63, 3.8) is 0 Å². The van der Waals surface area contributed by atoms with Crippen molar-refractivity contribution >= 4 is 5.91 Å². The Hall–Kier alpha value is -2.81. The lowest BCUT2D eigenvalue weighted by atomic mass is 9.96. The topological polar surface area (TPSA) is 48.0 Å². The molecule has 146 valence electrons. The number of carbonyl (C=O) groups is 1. The van der Waals surface area contributed by atoms with Gasteiger partial charge in [0.15, 0.2) is 0 Å². The highest BCUT2D eigenvalue weighted by Crippen LogP contribution is 2.41. The number of nitrogens with two attached hydrogens (primary N) is 1. The Morgan fingerprint density at radius 3 is 1.93 bits per heavy atom. The molecule has 3 aromatic rings. The number of hydrogen-bond donors (Lipinski definition) is 1. The van der Waals surface area contributed by atoms with Gasteiger partial charge in [0, 0.05) is 17.3 Å². The lowest BCUT2D eigenvalue weighted by molar-refractivity contribution is 0.1000. The number of rotatable bonds is 7. The van der Waals surface area contributed by atoms with Gasteiger partial charge in [0.05, 0.1) is 11.3 Å². The van der Waals surface area contributed by atoms with Crippen molar-refractivity contribution in [2.45, 2.75) is 46.6 Å². The van der Waals surface area contributed by atoms with Crippen LogP contribution in [0.3, 0.4) is 0 Å². The minimum atomic E-state index is -0.372. The van der Waals surface area contributed by atoms with E-state index in [4.69, 9.17) is 5.73 Å². The van der Waals surface area contributed by atoms with Crippen LogP contribution in [0.25, 0.3) is 22.4 Å². The summed E-state index contributed by atoms with van der Waals surface area (Å²) in [7, 11) is 0. The zero-order valence-corrected chi connectivity index (χ0v) is 17.3. The fourth-order valence-electron chi connectivity index (χ4n) is 4.03. The van der Waals surface area contributed by atoms with Crippen LogP contribution in [0.5, 0.6) is 0 Å². The standard InChI is InChI=1S/C25H30N2O/c1-17(2)15-16-18(3)27-19(4)22(25(26)28)23(20-11-7-5-8-12-20)24(27)21-13-9-6-10-14-21/h5-14,17-18H,15-16H2,1-4H3,(H2,26,28). The third-order valence-electron chi connectivity index (χ3n) is 5.41. The molecule has 0 fully saturated rings. The van der Waals surface area contributed by atoms with E-state index in [0.717, 1.165) is 40.9 Å². The Balaban J connectivity index is 2.31. The SMILES string of the molecule is Cc1c(C(N)=O)c(-c2ccccc2)c(-c2ccccc2)n1C(C)CCC(C)C. The Morgan fingerprint density at radius 2 is 1.43 bits per heavy atom. The van der Waals surface area contributed by atoms with Gasteiger partial charge in [-0.1, -0.05) is 74.5 Å². The predicted octanol–water partition coefficient (Wildman–Crippen LogP) is 6.23. The number of aromatic nitrogens is 1. The fourth-order valence-corrected chi connectivity index (χ4v) is 4.03. The summed E-state index contributed by atoms with van der Waals surface area (Å²) in [5, 5.41) is 0. The first kappa shape index (κ1) is 19.9. The summed E-state index contributed by atoms with van der Waals surface area (Å²) in [5.41, 5.74) is 11.6. The summed E-state index contributed by atoms with van der Waals surface area (Å²) in [6, 6.07) is 20.7. The van der Waals surface area contributed by atoms with Gasteiger partial charge in [-0.05, 0) is 43.7 Å². The van der Waals surface area contributed by atoms with Gasteiger partial charge in [0.25, 0.3) is 5.91 Å². The monoisotopic (exact) mass is 374 g/mol. The molecule has 0 saturated carbocycles. The Bertz CT molecular complexity index is 940. The molecule has 3 heteroatoms. The molecule has 0 spiro atoms. The summed E-state index contributed by atoms with van der Waals surface area (Å²) in [6.07, 6.45) is 2.19. The molecule has 0 bridgehead atoms. The van der Waals surface area contributed by atoms with Crippen LogP contribution >= 0.6 is 0 Å². The van der Waals surface area contributed by atoms with Crippen LogP contribution in [-0.2, 0) is 0 Å². The Morgan fingerprint density at radius 1 is 0.893 bits per heavy atom. The molecule has 1 amide bonds. The molecule has 3 nitrogen and oxygen atoms in total. The first-order valence-corrected chi connectivity index (χ1v) is 10.1. The average molecular weight is 375 g/mol. The average Bonchev–Trinajstić information content (AvgIpc) is 3.00. The molecule has 28 heavy (non-hydrogen) atoms. The van der Waals surface area contributed by atoms with Crippen molar-refractivity contribution in [2.75, 3.05) is 0 Å². The molecule has 1 unspecified atom stereocenters. The molecule has 2 aromatic carbocycles. The second-order valence-electron chi connectivity index (χ2n) is 7.97. The van der Waals surface area contributed by atoms with E-state index in [9.17, 15) is 4.79 Å². The first-order chi connectivity index (χ1) is 13.4. The maximum atomic E-state index is 12.5. The third kappa shape index (κ3) is 3.89. The lowest BCUT2D eigenvalue weighted by Gasteiger charge is -2.21. The number of benzene rings is 2. The molecule has 1 atom stereocenters. The summed E-state index contributed by atoms with van der Waals surface area (Å²) in [4.78, 5) is 12.5. The number of primary amides is 1. The van der Waals surface area contributed by atoms with Crippen molar-refractivity contribution < 1.29 is 4.79 Å². The number of carbonyl (C=O) groups excluding carboxylic acids is 1. The van der Waals surface area contributed by atoms with Crippen molar-refractivity contribution in [2.24, 2.45) is 11.7 Å². The molecule has 0 radical (unpaired) electrons. The van der Waals surface area contributed by atoms with E-state index in [1.165, 1.54) is 0 Å².